The number of carbonyl (C=O) groups is 2. The van der Waals surface area contributed by atoms with Crippen LogP contribution < -0.4 is 5.32 Å². The molecule has 0 spiro atoms. The van der Waals surface area contributed by atoms with Gasteiger partial charge in [0.1, 0.15) is 0 Å². The monoisotopic (exact) mass is 272 g/mol. The quantitative estimate of drug-likeness (QED) is 0.695. The zero-order chi connectivity index (χ0) is 14.3. The van der Waals surface area contributed by atoms with Crippen molar-refractivity contribution < 1.29 is 19.1 Å². The van der Waals surface area contributed by atoms with Gasteiger partial charge in [-0.3, -0.25) is 14.5 Å². The van der Waals surface area contributed by atoms with E-state index < -0.39 is 0 Å². The van der Waals surface area contributed by atoms with Crippen LogP contribution in [0.4, 0.5) is 0 Å². The number of hydrogen-bond acceptors (Lipinski definition) is 6. The molecule has 0 aromatic heterocycles. The Morgan fingerprint density at radius 2 is 1.47 bits per heavy atom. The number of nitrogens with zero attached hydrogens (tertiary/aromatic N) is 1. The van der Waals surface area contributed by atoms with Crippen molar-refractivity contribution in [3.63, 3.8) is 0 Å². The summed E-state index contributed by atoms with van der Waals surface area (Å²) in [7, 11) is 1.94. The van der Waals surface area contributed by atoms with Crippen LogP contribution >= 0.6 is 0 Å². The Hall–Kier alpha value is -1.14. The summed E-state index contributed by atoms with van der Waals surface area (Å²) in [5.41, 5.74) is 0. The topological polar surface area (TPSA) is 67.9 Å². The van der Waals surface area contributed by atoms with Gasteiger partial charge >= 0.3 is 11.9 Å². The number of esters is 2. The molecule has 6 heteroatoms. The summed E-state index contributed by atoms with van der Waals surface area (Å²) < 4.78 is 9.93. The van der Waals surface area contributed by atoms with Gasteiger partial charge in [-0.15, -0.1) is 0 Å². The first kappa shape index (κ1) is 15.9. The molecule has 6 nitrogen and oxygen atoms in total. The van der Waals surface area contributed by atoms with Gasteiger partial charge in [0.15, 0.2) is 0 Å². The van der Waals surface area contributed by atoms with Crippen molar-refractivity contribution in [2.75, 3.05) is 33.4 Å². The molecular weight excluding hydrogens is 248 g/mol. The lowest BCUT2D eigenvalue weighted by atomic mass is 10.0. The Bertz CT molecular complexity index is 281. The van der Waals surface area contributed by atoms with Gasteiger partial charge in [0.25, 0.3) is 0 Å². The fraction of sp³-hybridized carbons (Fsp3) is 0.846. The normalized spacial score (nSPS) is 23.9. The Morgan fingerprint density at radius 3 is 1.84 bits per heavy atom. The van der Waals surface area contributed by atoms with Gasteiger partial charge in [-0.1, -0.05) is 0 Å². The van der Waals surface area contributed by atoms with Gasteiger partial charge < -0.3 is 14.8 Å². The SMILES string of the molecule is CCOC(=O)CC1CNCC(CC(=O)OCC)N1C. The summed E-state index contributed by atoms with van der Waals surface area (Å²) >= 11 is 0. The molecule has 0 aliphatic carbocycles. The van der Waals surface area contributed by atoms with Crippen LogP contribution in [0.5, 0.6) is 0 Å². The van der Waals surface area contributed by atoms with Crippen LogP contribution in [-0.2, 0) is 19.1 Å². The zero-order valence-corrected chi connectivity index (χ0v) is 12.0. The largest absolute Gasteiger partial charge is 0.466 e. The van der Waals surface area contributed by atoms with E-state index in [2.05, 4.69) is 10.2 Å². The van der Waals surface area contributed by atoms with E-state index in [4.69, 9.17) is 9.47 Å². The van der Waals surface area contributed by atoms with E-state index >= 15 is 0 Å². The molecule has 1 N–H and O–H groups in total. The summed E-state index contributed by atoms with van der Waals surface area (Å²) in [6, 6.07) is 0.124. The first-order chi connectivity index (χ1) is 9.08. The number of rotatable bonds is 6. The molecule has 0 aromatic carbocycles. The van der Waals surface area contributed by atoms with E-state index in [0.29, 0.717) is 26.1 Å². The first-order valence-corrected chi connectivity index (χ1v) is 6.82. The van der Waals surface area contributed by atoms with E-state index in [1.807, 2.05) is 7.05 Å². The molecule has 0 saturated carbocycles. The van der Waals surface area contributed by atoms with Gasteiger partial charge in [-0.25, -0.2) is 0 Å². The first-order valence-electron chi connectivity index (χ1n) is 6.82. The molecule has 1 saturated heterocycles. The Kier molecular flexibility index (Phi) is 6.80. The van der Waals surface area contributed by atoms with E-state index in [-0.39, 0.29) is 24.0 Å². The summed E-state index contributed by atoms with van der Waals surface area (Å²) in [5.74, 6) is -0.393. The fourth-order valence-corrected chi connectivity index (χ4v) is 2.26. The summed E-state index contributed by atoms with van der Waals surface area (Å²) in [5, 5.41) is 3.25. The molecule has 0 bridgehead atoms. The maximum Gasteiger partial charge on any atom is 0.307 e. The molecule has 19 heavy (non-hydrogen) atoms. The molecule has 2 unspecified atom stereocenters. The number of ether oxygens (including phenoxy) is 2. The molecule has 1 rings (SSSR count). The third kappa shape index (κ3) is 5.16. The zero-order valence-electron chi connectivity index (χ0n) is 12.0. The van der Waals surface area contributed by atoms with Crippen LogP contribution in [0.25, 0.3) is 0 Å². The predicted molar refractivity (Wildman–Crippen MR) is 70.7 cm³/mol. The average Bonchev–Trinajstić information content (AvgIpc) is 2.35. The average molecular weight is 272 g/mol. The van der Waals surface area contributed by atoms with Crippen molar-refractivity contribution in [1.29, 1.82) is 0 Å². The van der Waals surface area contributed by atoms with E-state index in [0.717, 1.165) is 13.1 Å². The maximum absolute atomic E-state index is 11.5. The van der Waals surface area contributed by atoms with Crippen LogP contribution in [-0.4, -0.2) is 62.3 Å². The Morgan fingerprint density at radius 1 is 1.05 bits per heavy atom. The number of hydrogen-bond donors (Lipinski definition) is 1. The predicted octanol–water partition coefficient (Wildman–Crippen LogP) is 0.165. The van der Waals surface area contributed by atoms with Crippen molar-refractivity contribution in [2.45, 2.75) is 38.8 Å². The van der Waals surface area contributed by atoms with Gasteiger partial charge in [0.05, 0.1) is 26.1 Å². The standard InChI is InChI=1S/C13H24N2O4/c1-4-18-12(16)6-10-8-14-9-11(15(10)3)7-13(17)19-5-2/h10-11,14H,4-9H2,1-3H3. The van der Waals surface area contributed by atoms with E-state index in [1.54, 1.807) is 13.8 Å². The van der Waals surface area contributed by atoms with Gasteiger partial charge in [0, 0.05) is 25.2 Å². The molecule has 110 valence electrons. The third-order valence-electron chi connectivity index (χ3n) is 3.33. The minimum Gasteiger partial charge on any atom is -0.466 e. The van der Waals surface area contributed by atoms with Crippen LogP contribution in [0.3, 0.4) is 0 Å². The van der Waals surface area contributed by atoms with Crippen LogP contribution in [0, 0.1) is 0 Å². The van der Waals surface area contributed by atoms with Crippen molar-refractivity contribution >= 4 is 11.9 Å². The molecule has 1 fully saturated rings. The molecule has 1 heterocycles. The van der Waals surface area contributed by atoms with E-state index in [1.165, 1.54) is 0 Å². The lowest BCUT2D eigenvalue weighted by Crippen LogP contribution is -2.56. The molecule has 1 aliphatic heterocycles. The van der Waals surface area contributed by atoms with Crippen LogP contribution in [0.15, 0.2) is 0 Å². The lowest BCUT2D eigenvalue weighted by molar-refractivity contribution is -0.145. The Balaban J connectivity index is 2.48. The highest BCUT2D eigenvalue weighted by Crippen LogP contribution is 2.14. The van der Waals surface area contributed by atoms with Crippen molar-refractivity contribution in [1.82, 2.24) is 10.2 Å². The second-order valence-electron chi connectivity index (χ2n) is 4.65. The molecule has 0 aromatic rings. The van der Waals surface area contributed by atoms with Crippen molar-refractivity contribution in [3.05, 3.63) is 0 Å². The van der Waals surface area contributed by atoms with Crippen LogP contribution in [0.2, 0.25) is 0 Å². The molecule has 0 amide bonds. The number of carbonyl (C=O) groups excluding carboxylic acids is 2. The van der Waals surface area contributed by atoms with Gasteiger partial charge in [-0.05, 0) is 20.9 Å². The highest BCUT2D eigenvalue weighted by Gasteiger charge is 2.30. The number of piperazine rings is 1. The van der Waals surface area contributed by atoms with Crippen molar-refractivity contribution in [2.24, 2.45) is 0 Å². The fourth-order valence-electron chi connectivity index (χ4n) is 2.26. The Labute approximate surface area is 114 Å². The highest BCUT2D eigenvalue weighted by molar-refractivity contribution is 5.71. The molecule has 1 aliphatic rings. The molecule has 2 atom stereocenters. The maximum atomic E-state index is 11.5. The lowest BCUT2D eigenvalue weighted by Gasteiger charge is -2.39. The van der Waals surface area contributed by atoms with Gasteiger partial charge in [0.2, 0.25) is 0 Å². The third-order valence-corrected chi connectivity index (χ3v) is 3.33. The second kappa shape index (κ2) is 8.12. The minimum atomic E-state index is -0.196. The molecular formula is C13H24N2O4. The van der Waals surface area contributed by atoms with Crippen LogP contribution in [0.1, 0.15) is 26.7 Å². The van der Waals surface area contributed by atoms with Gasteiger partial charge in [-0.2, -0.15) is 0 Å². The number of likely N-dealkylation sites (N-methyl/N-ethyl adjacent to an activating group) is 1. The summed E-state index contributed by atoms with van der Waals surface area (Å²) in [6.07, 6.45) is 0.688. The smallest absolute Gasteiger partial charge is 0.307 e. The summed E-state index contributed by atoms with van der Waals surface area (Å²) in [4.78, 5) is 25.1. The van der Waals surface area contributed by atoms with E-state index in [9.17, 15) is 9.59 Å². The minimum absolute atomic E-state index is 0.0622. The molecule has 0 radical (unpaired) electrons. The number of nitrogens with one attached hydrogen (secondary N) is 1. The van der Waals surface area contributed by atoms with Crippen molar-refractivity contribution in [3.8, 4) is 0 Å². The highest BCUT2D eigenvalue weighted by atomic mass is 16.5. The summed E-state index contributed by atoms with van der Waals surface area (Å²) in [6.45, 7) is 5.85. The second-order valence-corrected chi connectivity index (χ2v) is 4.65.